The van der Waals surface area contributed by atoms with E-state index >= 15 is 0 Å². The van der Waals surface area contributed by atoms with Gasteiger partial charge in [-0.3, -0.25) is 4.57 Å². The molecule has 28 heavy (non-hydrogen) atoms. The minimum atomic E-state index is 0.174. The lowest BCUT2D eigenvalue weighted by Crippen LogP contribution is -2.42. The van der Waals surface area contributed by atoms with Crippen LogP contribution >= 0.6 is 0 Å². The van der Waals surface area contributed by atoms with Gasteiger partial charge in [0.2, 0.25) is 5.88 Å². The molecule has 144 valence electrons. The van der Waals surface area contributed by atoms with Crippen LogP contribution in [0.1, 0.15) is 50.9 Å². The van der Waals surface area contributed by atoms with Gasteiger partial charge in [-0.1, -0.05) is 19.8 Å². The molecule has 8 nitrogen and oxygen atoms in total. The molecular weight excluding hydrogens is 354 g/mol. The fourth-order valence-corrected chi connectivity index (χ4v) is 4.44. The first-order valence-electron chi connectivity index (χ1n) is 9.86. The largest absolute Gasteiger partial charge is 0.481 e. The topological polar surface area (TPSA) is 81.8 Å². The molecule has 0 radical (unpaired) electrons. The number of rotatable bonds is 4. The van der Waals surface area contributed by atoms with Crippen LogP contribution in [0.5, 0.6) is 5.88 Å². The first kappa shape index (κ1) is 17.1. The summed E-state index contributed by atoms with van der Waals surface area (Å²) in [4.78, 5) is 16.3. The summed E-state index contributed by atoms with van der Waals surface area (Å²) in [6.07, 6.45) is 11.2. The number of ether oxygens (including phenoxy) is 1. The third-order valence-electron chi connectivity index (χ3n) is 5.77. The van der Waals surface area contributed by atoms with E-state index in [0.717, 1.165) is 29.3 Å². The maximum absolute atomic E-state index is 5.26. The van der Waals surface area contributed by atoms with Crippen molar-refractivity contribution in [2.45, 2.75) is 51.1 Å². The van der Waals surface area contributed by atoms with Crippen molar-refractivity contribution in [2.24, 2.45) is 0 Å². The van der Waals surface area contributed by atoms with Crippen molar-refractivity contribution in [3.63, 3.8) is 0 Å². The number of hydrogen-bond acceptors (Lipinski definition) is 7. The van der Waals surface area contributed by atoms with Gasteiger partial charge in [0.05, 0.1) is 19.3 Å². The molecule has 0 aromatic carbocycles. The van der Waals surface area contributed by atoms with Gasteiger partial charge in [0.25, 0.3) is 0 Å². The molecule has 4 heterocycles. The molecule has 5 rings (SSSR count). The first-order valence-corrected chi connectivity index (χ1v) is 9.86. The Bertz CT molecular complexity index is 996. The number of nitrogens with zero attached hydrogens (tertiary/aromatic N) is 7. The average molecular weight is 377 g/mol. The van der Waals surface area contributed by atoms with Crippen molar-refractivity contribution in [3.05, 3.63) is 36.7 Å². The zero-order valence-electron chi connectivity index (χ0n) is 16.1. The van der Waals surface area contributed by atoms with Crippen LogP contribution in [0.2, 0.25) is 0 Å². The van der Waals surface area contributed by atoms with E-state index in [1.165, 1.54) is 25.7 Å². The highest BCUT2D eigenvalue weighted by Crippen LogP contribution is 2.42. The Labute approximate surface area is 163 Å². The number of methoxy groups -OCH3 is 1. The monoisotopic (exact) mass is 377 g/mol. The van der Waals surface area contributed by atoms with Crippen LogP contribution in [0.3, 0.4) is 0 Å². The predicted octanol–water partition coefficient (Wildman–Crippen LogP) is 3.34. The van der Waals surface area contributed by atoms with Crippen molar-refractivity contribution < 1.29 is 4.74 Å². The summed E-state index contributed by atoms with van der Waals surface area (Å²) < 4.78 is 7.30. The highest BCUT2D eigenvalue weighted by molar-refractivity contribution is 5.66. The van der Waals surface area contributed by atoms with E-state index < -0.39 is 0 Å². The summed E-state index contributed by atoms with van der Waals surface area (Å²) >= 11 is 0. The minimum Gasteiger partial charge on any atom is -0.481 e. The quantitative estimate of drug-likeness (QED) is 0.689. The molecule has 1 saturated carbocycles. The molecule has 0 saturated heterocycles. The molecule has 0 unspecified atom stereocenters. The summed E-state index contributed by atoms with van der Waals surface area (Å²) in [7, 11) is 1.61. The van der Waals surface area contributed by atoms with Gasteiger partial charge in [0.1, 0.15) is 12.0 Å². The molecule has 1 atom stereocenters. The molecule has 0 spiro atoms. The van der Waals surface area contributed by atoms with Gasteiger partial charge in [-0.25, -0.2) is 15.0 Å². The lowest BCUT2D eigenvalue weighted by atomic mass is 10.0. The molecule has 1 fully saturated rings. The van der Waals surface area contributed by atoms with E-state index in [0.29, 0.717) is 17.7 Å². The van der Waals surface area contributed by atoms with E-state index in [9.17, 15) is 0 Å². The van der Waals surface area contributed by atoms with Crippen LogP contribution in [-0.4, -0.2) is 42.9 Å². The van der Waals surface area contributed by atoms with Crippen LogP contribution < -0.4 is 9.64 Å². The van der Waals surface area contributed by atoms with Gasteiger partial charge >= 0.3 is 0 Å². The van der Waals surface area contributed by atoms with Gasteiger partial charge in [0.15, 0.2) is 17.5 Å². The summed E-state index contributed by atoms with van der Waals surface area (Å²) in [6, 6.07) is 4.43. The summed E-state index contributed by atoms with van der Waals surface area (Å²) in [5, 5.41) is 8.59. The van der Waals surface area contributed by atoms with Crippen molar-refractivity contribution in [2.75, 3.05) is 12.0 Å². The van der Waals surface area contributed by atoms with E-state index in [2.05, 4.69) is 32.0 Å². The molecule has 1 aliphatic carbocycles. The van der Waals surface area contributed by atoms with Crippen molar-refractivity contribution in [1.82, 2.24) is 29.7 Å². The Hall–Kier alpha value is -3.03. The van der Waals surface area contributed by atoms with Crippen molar-refractivity contribution in [1.29, 1.82) is 0 Å². The molecule has 3 aromatic rings. The summed E-state index contributed by atoms with van der Waals surface area (Å²) in [5.74, 6) is 3.17. The second kappa shape index (κ2) is 6.85. The van der Waals surface area contributed by atoms with Gasteiger partial charge in [-0.2, -0.15) is 0 Å². The van der Waals surface area contributed by atoms with Gasteiger partial charge in [-0.15, -0.1) is 10.2 Å². The molecular formula is C20H23N7O. The zero-order valence-corrected chi connectivity index (χ0v) is 16.1. The normalized spacial score (nSPS) is 18.8. The molecule has 2 aliphatic rings. The summed E-state index contributed by atoms with van der Waals surface area (Å²) in [6.45, 7) is 2.20. The highest BCUT2D eigenvalue weighted by atomic mass is 16.5. The van der Waals surface area contributed by atoms with E-state index in [4.69, 9.17) is 9.72 Å². The van der Waals surface area contributed by atoms with E-state index in [-0.39, 0.29) is 6.04 Å². The second-order valence-corrected chi connectivity index (χ2v) is 7.32. The number of hydrogen-bond donors (Lipinski definition) is 0. The Morgan fingerprint density at radius 3 is 2.86 bits per heavy atom. The fraction of sp³-hybridized carbons (Fsp3) is 0.450. The zero-order chi connectivity index (χ0) is 19.1. The number of pyridine rings is 1. The molecule has 3 aromatic heterocycles. The Balaban J connectivity index is 1.67. The fourth-order valence-electron chi connectivity index (χ4n) is 4.44. The van der Waals surface area contributed by atoms with Crippen LogP contribution in [0.4, 0.5) is 5.82 Å². The van der Waals surface area contributed by atoms with E-state index in [1.807, 2.05) is 22.9 Å². The predicted molar refractivity (Wildman–Crippen MR) is 104 cm³/mol. The maximum atomic E-state index is 5.26. The third-order valence-corrected chi connectivity index (χ3v) is 5.77. The molecule has 0 N–H and O–H groups in total. The van der Waals surface area contributed by atoms with Gasteiger partial charge < -0.3 is 9.64 Å². The number of fused-ring (bicyclic) bond motifs is 3. The molecule has 0 bridgehead atoms. The van der Waals surface area contributed by atoms with Crippen molar-refractivity contribution in [3.8, 4) is 23.0 Å². The molecule has 1 aliphatic heterocycles. The van der Waals surface area contributed by atoms with Crippen LogP contribution in [0, 0.1) is 0 Å². The molecule has 8 heteroatoms. The van der Waals surface area contributed by atoms with Crippen molar-refractivity contribution >= 4 is 5.82 Å². The Morgan fingerprint density at radius 1 is 1.21 bits per heavy atom. The van der Waals surface area contributed by atoms with Crippen LogP contribution in [0.15, 0.2) is 30.9 Å². The summed E-state index contributed by atoms with van der Waals surface area (Å²) in [5.41, 5.74) is 1.84. The lowest BCUT2D eigenvalue weighted by Gasteiger charge is -2.40. The SMILES string of the molecule is CC[C@@H]1c2nncn2-c2cnc(-c3ccnc(OC)c3)nc2N1C1CCCC1. The second-order valence-electron chi connectivity index (χ2n) is 7.32. The standard InChI is InChI=1S/C20H23N7O/c1-3-15-20-25-23-12-26(20)16-11-22-18(13-8-9-21-17(10-13)28-2)24-19(16)27(15)14-6-4-5-7-14/h8-12,14-15H,3-7H2,1-2H3/t15-/m1/s1. The number of aromatic nitrogens is 6. The molecule has 0 amide bonds. The van der Waals surface area contributed by atoms with Crippen LogP contribution in [-0.2, 0) is 0 Å². The Morgan fingerprint density at radius 2 is 2.07 bits per heavy atom. The minimum absolute atomic E-state index is 0.174. The van der Waals surface area contributed by atoms with E-state index in [1.54, 1.807) is 19.6 Å². The third kappa shape index (κ3) is 2.63. The number of anilines is 1. The maximum Gasteiger partial charge on any atom is 0.213 e. The Kier molecular flexibility index (Phi) is 4.18. The average Bonchev–Trinajstić information content (AvgIpc) is 3.44. The van der Waals surface area contributed by atoms with Crippen LogP contribution in [0.25, 0.3) is 17.1 Å². The van der Waals surface area contributed by atoms with Gasteiger partial charge in [0, 0.05) is 23.9 Å². The lowest BCUT2D eigenvalue weighted by molar-refractivity contribution is 0.398. The first-order chi connectivity index (χ1) is 13.8. The highest BCUT2D eigenvalue weighted by Gasteiger charge is 2.38. The van der Waals surface area contributed by atoms with Gasteiger partial charge in [-0.05, 0) is 25.3 Å². The smallest absolute Gasteiger partial charge is 0.213 e.